The van der Waals surface area contributed by atoms with Crippen LogP contribution in [0.15, 0.2) is 23.8 Å². The van der Waals surface area contributed by atoms with E-state index in [9.17, 15) is 14.4 Å². The summed E-state index contributed by atoms with van der Waals surface area (Å²) >= 11 is 0. The van der Waals surface area contributed by atoms with Crippen LogP contribution in [0.25, 0.3) is 0 Å². The van der Waals surface area contributed by atoms with Gasteiger partial charge in [0.2, 0.25) is 0 Å². The lowest BCUT2D eigenvalue weighted by Gasteiger charge is -2.29. The summed E-state index contributed by atoms with van der Waals surface area (Å²) in [7, 11) is 2.61. The van der Waals surface area contributed by atoms with Crippen molar-refractivity contribution in [3.63, 3.8) is 0 Å². The lowest BCUT2D eigenvalue weighted by atomic mass is 9.75. The molecule has 23 heavy (non-hydrogen) atoms. The highest BCUT2D eigenvalue weighted by atomic mass is 16.6. The molecule has 2 rings (SSSR count). The highest BCUT2D eigenvalue weighted by Gasteiger charge is 2.53. The average molecular weight is 322 g/mol. The van der Waals surface area contributed by atoms with E-state index < -0.39 is 35.8 Å². The number of carbonyl (C=O) groups excluding carboxylic acids is 3. The van der Waals surface area contributed by atoms with Gasteiger partial charge in [-0.2, -0.15) is 0 Å². The maximum atomic E-state index is 12.0. The van der Waals surface area contributed by atoms with Crippen LogP contribution in [0, 0.1) is 17.8 Å². The lowest BCUT2D eigenvalue weighted by molar-refractivity contribution is -0.149. The third-order valence-electron chi connectivity index (χ3n) is 4.37. The number of unbranched alkanes of at least 4 members (excludes halogenated alkanes) is 1. The van der Waals surface area contributed by atoms with Crippen molar-refractivity contribution < 1.29 is 28.6 Å². The van der Waals surface area contributed by atoms with Gasteiger partial charge in [0.1, 0.15) is 12.0 Å². The Morgan fingerprint density at radius 3 is 2.61 bits per heavy atom. The molecule has 126 valence electrons. The van der Waals surface area contributed by atoms with Crippen LogP contribution in [0.1, 0.15) is 26.2 Å². The Hall–Kier alpha value is -2.11. The second kappa shape index (κ2) is 7.44. The van der Waals surface area contributed by atoms with Gasteiger partial charge in [-0.05, 0) is 12.8 Å². The second-order valence-electron chi connectivity index (χ2n) is 5.73. The van der Waals surface area contributed by atoms with Gasteiger partial charge in [0.15, 0.2) is 0 Å². The fourth-order valence-corrected chi connectivity index (χ4v) is 3.16. The quantitative estimate of drug-likeness (QED) is 0.321. The van der Waals surface area contributed by atoms with Crippen molar-refractivity contribution in [3.8, 4) is 0 Å². The van der Waals surface area contributed by atoms with Crippen molar-refractivity contribution in [3.05, 3.63) is 23.8 Å². The zero-order valence-electron chi connectivity index (χ0n) is 13.6. The Labute approximate surface area is 135 Å². The van der Waals surface area contributed by atoms with Gasteiger partial charge < -0.3 is 14.2 Å². The molecule has 0 unspecified atom stereocenters. The highest BCUT2D eigenvalue weighted by Crippen LogP contribution is 2.42. The molecule has 0 N–H and O–H groups in total. The van der Waals surface area contributed by atoms with E-state index in [0.29, 0.717) is 6.42 Å². The first-order valence-electron chi connectivity index (χ1n) is 7.78. The zero-order valence-corrected chi connectivity index (χ0v) is 13.6. The Kier molecular flexibility index (Phi) is 5.58. The third kappa shape index (κ3) is 3.46. The van der Waals surface area contributed by atoms with Gasteiger partial charge in [0, 0.05) is 12.0 Å². The van der Waals surface area contributed by atoms with Crippen molar-refractivity contribution in [2.45, 2.75) is 32.3 Å². The Bertz CT molecular complexity index is 547. The first kappa shape index (κ1) is 17.2. The normalized spacial score (nSPS) is 29.2. The molecule has 1 aliphatic carbocycles. The maximum absolute atomic E-state index is 12.0. The van der Waals surface area contributed by atoms with E-state index in [1.807, 2.05) is 6.08 Å². The Morgan fingerprint density at radius 1 is 1.26 bits per heavy atom. The molecule has 1 heterocycles. The minimum atomic E-state index is -0.662. The van der Waals surface area contributed by atoms with Crippen molar-refractivity contribution in [1.82, 2.24) is 0 Å². The molecule has 0 amide bonds. The number of carbonyl (C=O) groups is 3. The molecule has 1 fully saturated rings. The monoisotopic (exact) mass is 322 g/mol. The number of hydrogen-bond donors (Lipinski definition) is 0. The molecule has 1 aliphatic heterocycles. The first-order valence-corrected chi connectivity index (χ1v) is 7.78. The molecule has 6 heteroatoms. The van der Waals surface area contributed by atoms with Crippen LogP contribution in [0.5, 0.6) is 0 Å². The van der Waals surface area contributed by atoms with E-state index >= 15 is 0 Å². The summed E-state index contributed by atoms with van der Waals surface area (Å²) in [6.45, 7) is 2.05. The molecule has 0 aromatic rings. The Balaban J connectivity index is 2.32. The van der Waals surface area contributed by atoms with Crippen molar-refractivity contribution in [1.29, 1.82) is 0 Å². The molecule has 4 atom stereocenters. The van der Waals surface area contributed by atoms with E-state index in [2.05, 4.69) is 6.92 Å². The number of fused-ring (bicyclic) bond motifs is 2. The minimum absolute atomic E-state index is 0.313. The number of rotatable bonds is 6. The van der Waals surface area contributed by atoms with Gasteiger partial charge in [-0.25, -0.2) is 4.79 Å². The largest absolute Gasteiger partial charge is 0.469 e. The average Bonchev–Trinajstić information content (AvgIpc) is 2.79. The number of hydrogen-bond acceptors (Lipinski definition) is 6. The van der Waals surface area contributed by atoms with E-state index in [-0.39, 0.29) is 5.92 Å². The highest BCUT2D eigenvalue weighted by molar-refractivity contribution is 5.88. The fourth-order valence-electron chi connectivity index (χ4n) is 3.16. The smallest absolute Gasteiger partial charge is 0.330 e. The summed E-state index contributed by atoms with van der Waals surface area (Å²) in [4.78, 5) is 35.6. The second-order valence-corrected chi connectivity index (χ2v) is 5.73. The SMILES string of the molecule is CCCC/C(=C\C(=O)OC)[C@H]1C=C[C@H]2C(=O)O[C@@H]1[C@@H]2C(=O)OC. The zero-order chi connectivity index (χ0) is 17.0. The summed E-state index contributed by atoms with van der Waals surface area (Å²) in [6, 6.07) is 0. The van der Waals surface area contributed by atoms with Crippen molar-refractivity contribution >= 4 is 17.9 Å². The van der Waals surface area contributed by atoms with Crippen LogP contribution < -0.4 is 0 Å². The van der Waals surface area contributed by atoms with Gasteiger partial charge in [0.05, 0.1) is 20.1 Å². The minimum Gasteiger partial charge on any atom is -0.469 e. The number of esters is 3. The summed E-state index contributed by atoms with van der Waals surface area (Å²) in [5.74, 6) is -2.91. The van der Waals surface area contributed by atoms with Crippen molar-refractivity contribution in [2.24, 2.45) is 17.8 Å². The summed E-state index contributed by atoms with van der Waals surface area (Å²) in [5, 5.41) is 0. The van der Waals surface area contributed by atoms with Crippen molar-refractivity contribution in [2.75, 3.05) is 14.2 Å². The van der Waals surface area contributed by atoms with Crippen LogP contribution in [-0.2, 0) is 28.6 Å². The van der Waals surface area contributed by atoms with Gasteiger partial charge in [-0.15, -0.1) is 0 Å². The lowest BCUT2D eigenvalue weighted by Crippen LogP contribution is -2.37. The van der Waals surface area contributed by atoms with Gasteiger partial charge in [-0.3, -0.25) is 9.59 Å². The molecule has 0 aromatic carbocycles. The van der Waals surface area contributed by atoms with E-state index in [4.69, 9.17) is 14.2 Å². The predicted octanol–water partition coefficient (Wildman–Crippen LogP) is 1.79. The van der Waals surface area contributed by atoms with E-state index in [0.717, 1.165) is 18.4 Å². The summed E-state index contributed by atoms with van der Waals surface area (Å²) < 4.78 is 14.9. The molecular weight excluding hydrogens is 300 g/mol. The van der Waals surface area contributed by atoms with Gasteiger partial charge in [0.25, 0.3) is 0 Å². The van der Waals surface area contributed by atoms with E-state index in [1.165, 1.54) is 20.3 Å². The molecule has 0 radical (unpaired) electrons. The topological polar surface area (TPSA) is 78.9 Å². The molecule has 2 bridgehead atoms. The Morgan fingerprint density at radius 2 is 2.00 bits per heavy atom. The van der Waals surface area contributed by atoms with Crippen LogP contribution >= 0.6 is 0 Å². The van der Waals surface area contributed by atoms with Crippen LogP contribution in [0.3, 0.4) is 0 Å². The molecule has 0 saturated carbocycles. The number of ether oxygens (including phenoxy) is 3. The molecule has 6 nitrogen and oxygen atoms in total. The summed E-state index contributed by atoms with van der Waals surface area (Å²) in [6.07, 6.45) is 6.87. The number of methoxy groups -OCH3 is 2. The van der Waals surface area contributed by atoms with Gasteiger partial charge >= 0.3 is 17.9 Å². The van der Waals surface area contributed by atoms with E-state index in [1.54, 1.807) is 6.08 Å². The third-order valence-corrected chi connectivity index (χ3v) is 4.37. The van der Waals surface area contributed by atoms with Crippen LogP contribution in [-0.4, -0.2) is 38.2 Å². The molecule has 0 aromatic heterocycles. The van der Waals surface area contributed by atoms with Gasteiger partial charge in [-0.1, -0.05) is 31.1 Å². The summed E-state index contributed by atoms with van der Waals surface area (Å²) in [5.41, 5.74) is 0.807. The molecule has 0 spiro atoms. The fraction of sp³-hybridized carbons (Fsp3) is 0.588. The van der Waals surface area contributed by atoms with Crippen LogP contribution in [0.2, 0.25) is 0 Å². The first-order chi connectivity index (χ1) is 11.0. The molecular formula is C17H22O6. The molecule has 2 aliphatic rings. The standard InChI is InChI=1S/C17H22O6/c1-4-5-6-10(9-13(18)21-2)11-7-8-12-14(17(20)22-3)15(11)23-16(12)19/h7-9,11-12,14-15H,4-6H2,1-3H3/b10-9+/t11-,12-,14-,15+/m1/s1. The maximum Gasteiger partial charge on any atom is 0.330 e. The van der Waals surface area contributed by atoms with Crippen LogP contribution in [0.4, 0.5) is 0 Å². The molecule has 1 saturated heterocycles. The predicted molar refractivity (Wildman–Crippen MR) is 81.1 cm³/mol.